The van der Waals surface area contributed by atoms with Gasteiger partial charge in [-0.2, -0.15) is 5.10 Å². The first-order valence-electron chi connectivity index (χ1n) is 9.09. The number of amides is 1. The molecule has 0 radical (unpaired) electrons. The predicted molar refractivity (Wildman–Crippen MR) is 98.7 cm³/mol. The molecule has 0 saturated carbocycles. The summed E-state index contributed by atoms with van der Waals surface area (Å²) in [6.07, 6.45) is 5.58. The third-order valence-electron chi connectivity index (χ3n) is 5.34. The Morgan fingerprint density at radius 2 is 2.26 bits per heavy atom. The number of rotatable bonds is 4. The van der Waals surface area contributed by atoms with E-state index in [1.807, 2.05) is 13.0 Å². The number of halogens is 1. The van der Waals surface area contributed by atoms with Gasteiger partial charge in [-0.25, -0.2) is 9.37 Å². The summed E-state index contributed by atoms with van der Waals surface area (Å²) in [6.45, 7) is 1.87. The van der Waals surface area contributed by atoms with E-state index < -0.39 is 0 Å². The number of nitrogens with one attached hydrogen (secondary N) is 2. The summed E-state index contributed by atoms with van der Waals surface area (Å²) in [6, 6.07) is 6.65. The van der Waals surface area contributed by atoms with Crippen molar-refractivity contribution in [3.8, 4) is 0 Å². The standard InChI is InChI=1S/C20H22FN5O/c1-12-22-11-17(24-12)19(25-20(27)18-8-9-23-26(18)2)14-7-6-13-4-3-5-16(21)15(13)10-14/h3-5,8-9,11,14,19H,6-7,10H2,1-2H3,(H,22,24)(H,25,27). The number of nitrogens with zero attached hydrogens (tertiary/aromatic N) is 3. The zero-order valence-electron chi connectivity index (χ0n) is 15.4. The van der Waals surface area contributed by atoms with Crippen molar-refractivity contribution in [2.24, 2.45) is 13.0 Å². The minimum Gasteiger partial charge on any atom is -0.344 e. The highest BCUT2D eigenvalue weighted by Crippen LogP contribution is 2.35. The highest BCUT2D eigenvalue weighted by Gasteiger charge is 2.31. The van der Waals surface area contributed by atoms with Crippen molar-refractivity contribution in [1.29, 1.82) is 0 Å². The lowest BCUT2D eigenvalue weighted by molar-refractivity contribution is 0.0907. The molecule has 1 aliphatic carbocycles. The fraction of sp³-hybridized carbons (Fsp3) is 0.350. The van der Waals surface area contributed by atoms with Gasteiger partial charge in [0.05, 0.1) is 17.9 Å². The number of hydrogen-bond acceptors (Lipinski definition) is 3. The molecule has 0 fully saturated rings. The minimum atomic E-state index is -0.277. The van der Waals surface area contributed by atoms with E-state index in [1.165, 1.54) is 6.07 Å². The van der Waals surface area contributed by atoms with Gasteiger partial charge in [0.15, 0.2) is 0 Å². The molecule has 2 unspecified atom stereocenters. The van der Waals surface area contributed by atoms with Gasteiger partial charge in [-0.3, -0.25) is 9.48 Å². The van der Waals surface area contributed by atoms with E-state index in [9.17, 15) is 9.18 Å². The van der Waals surface area contributed by atoms with Gasteiger partial charge in [-0.15, -0.1) is 0 Å². The molecule has 0 aliphatic heterocycles. The Bertz CT molecular complexity index is 976. The third kappa shape index (κ3) is 3.37. The Labute approximate surface area is 156 Å². The van der Waals surface area contributed by atoms with Gasteiger partial charge >= 0.3 is 0 Å². The van der Waals surface area contributed by atoms with Crippen LogP contribution in [0.4, 0.5) is 4.39 Å². The second kappa shape index (κ2) is 6.98. The fourth-order valence-electron chi connectivity index (χ4n) is 3.92. The van der Waals surface area contributed by atoms with Crippen LogP contribution in [0.1, 0.15) is 45.6 Å². The summed E-state index contributed by atoms with van der Waals surface area (Å²) < 4.78 is 15.9. The van der Waals surface area contributed by atoms with Crippen LogP contribution in [0.3, 0.4) is 0 Å². The van der Waals surface area contributed by atoms with Gasteiger partial charge in [0.1, 0.15) is 17.3 Å². The minimum absolute atomic E-state index is 0.0754. The Balaban J connectivity index is 1.64. The van der Waals surface area contributed by atoms with Crippen molar-refractivity contribution in [3.05, 3.63) is 70.8 Å². The van der Waals surface area contributed by atoms with Crippen LogP contribution >= 0.6 is 0 Å². The lowest BCUT2D eigenvalue weighted by atomic mass is 9.79. The van der Waals surface area contributed by atoms with E-state index in [0.29, 0.717) is 12.1 Å². The zero-order valence-corrected chi connectivity index (χ0v) is 15.4. The molecule has 3 aromatic rings. The normalized spacial score (nSPS) is 17.4. The van der Waals surface area contributed by atoms with E-state index in [2.05, 4.69) is 20.4 Å². The van der Waals surface area contributed by atoms with Crippen LogP contribution in [-0.4, -0.2) is 25.7 Å². The Kier molecular flexibility index (Phi) is 4.51. The van der Waals surface area contributed by atoms with Crippen molar-refractivity contribution in [2.75, 3.05) is 0 Å². The Morgan fingerprint density at radius 1 is 1.41 bits per heavy atom. The topological polar surface area (TPSA) is 75.6 Å². The molecule has 6 nitrogen and oxygen atoms in total. The molecule has 7 heteroatoms. The van der Waals surface area contributed by atoms with Gasteiger partial charge in [-0.05, 0) is 55.4 Å². The third-order valence-corrected chi connectivity index (χ3v) is 5.34. The second-order valence-electron chi connectivity index (χ2n) is 7.10. The number of imidazole rings is 1. The average Bonchev–Trinajstić information content (AvgIpc) is 3.28. The number of aromatic amines is 1. The molecule has 2 atom stereocenters. The summed E-state index contributed by atoms with van der Waals surface area (Å²) in [4.78, 5) is 20.3. The molecule has 1 aromatic carbocycles. The molecule has 0 bridgehead atoms. The number of carbonyl (C=O) groups is 1. The highest BCUT2D eigenvalue weighted by atomic mass is 19.1. The SMILES string of the molecule is Cc1ncc(C(NC(=O)c2ccnn2C)C2CCc3cccc(F)c3C2)[nH]1. The quantitative estimate of drug-likeness (QED) is 0.745. The maximum absolute atomic E-state index is 14.3. The lowest BCUT2D eigenvalue weighted by Gasteiger charge is -2.31. The summed E-state index contributed by atoms with van der Waals surface area (Å²) in [5, 5.41) is 7.18. The van der Waals surface area contributed by atoms with Gasteiger partial charge in [-0.1, -0.05) is 12.1 Å². The van der Waals surface area contributed by atoms with Gasteiger partial charge in [0.25, 0.3) is 5.91 Å². The van der Waals surface area contributed by atoms with Gasteiger partial charge < -0.3 is 10.3 Å². The second-order valence-corrected chi connectivity index (χ2v) is 7.10. The van der Waals surface area contributed by atoms with E-state index in [1.54, 1.807) is 36.3 Å². The molecule has 1 aliphatic rings. The number of fused-ring (bicyclic) bond motifs is 1. The Morgan fingerprint density at radius 3 is 2.96 bits per heavy atom. The first kappa shape index (κ1) is 17.5. The summed E-state index contributed by atoms with van der Waals surface area (Å²) in [5.74, 6) is 0.486. The molecule has 4 rings (SSSR count). The van der Waals surface area contributed by atoms with Gasteiger partial charge in [0, 0.05) is 13.2 Å². The monoisotopic (exact) mass is 367 g/mol. The van der Waals surface area contributed by atoms with Crippen LogP contribution in [0.25, 0.3) is 0 Å². The number of H-pyrrole nitrogens is 1. The predicted octanol–water partition coefficient (Wildman–Crippen LogP) is 2.87. The van der Waals surface area contributed by atoms with Crippen LogP contribution < -0.4 is 5.32 Å². The summed E-state index contributed by atoms with van der Waals surface area (Å²) in [7, 11) is 1.73. The number of hydrogen-bond donors (Lipinski definition) is 2. The average molecular weight is 367 g/mol. The maximum Gasteiger partial charge on any atom is 0.270 e. The van der Waals surface area contributed by atoms with Crippen molar-refractivity contribution in [3.63, 3.8) is 0 Å². The summed E-state index contributed by atoms with van der Waals surface area (Å²) in [5.41, 5.74) is 3.14. The molecule has 1 amide bonds. The zero-order chi connectivity index (χ0) is 19.0. The van der Waals surface area contributed by atoms with Crippen molar-refractivity contribution in [2.45, 2.75) is 32.2 Å². The van der Waals surface area contributed by atoms with Crippen LogP contribution in [0.5, 0.6) is 0 Å². The Hall–Kier alpha value is -2.96. The number of carbonyl (C=O) groups excluding carboxylic acids is 1. The molecule has 27 heavy (non-hydrogen) atoms. The van der Waals surface area contributed by atoms with Crippen molar-refractivity contribution < 1.29 is 9.18 Å². The molecular formula is C20H22FN5O. The number of aromatic nitrogens is 4. The largest absolute Gasteiger partial charge is 0.344 e. The summed E-state index contributed by atoms with van der Waals surface area (Å²) >= 11 is 0. The molecule has 140 valence electrons. The molecule has 2 aromatic heterocycles. The van der Waals surface area contributed by atoms with Crippen molar-refractivity contribution in [1.82, 2.24) is 25.1 Å². The maximum atomic E-state index is 14.3. The van der Waals surface area contributed by atoms with E-state index in [-0.39, 0.29) is 23.7 Å². The highest BCUT2D eigenvalue weighted by molar-refractivity contribution is 5.92. The lowest BCUT2D eigenvalue weighted by Crippen LogP contribution is -2.37. The van der Waals surface area contributed by atoms with Crippen LogP contribution in [0, 0.1) is 18.7 Å². The first-order chi connectivity index (χ1) is 13.0. The van der Waals surface area contributed by atoms with Crippen LogP contribution in [0.2, 0.25) is 0 Å². The van der Waals surface area contributed by atoms with E-state index in [0.717, 1.165) is 35.5 Å². The van der Waals surface area contributed by atoms with E-state index in [4.69, 9.17) is 0 Å². The number of benzene rings is 1. The molecule has 0 spiro atoms. The number of aryl methyl sites for hydroxylation is 3. The van der Waals surface area contributed by atoms with E-state index >= 15 is 0 Å². The van der Waals surface area contributed by atoms with Crippen LogP contribution in [0.15, 0.2) is 36.7 Å². The molecular weight excluding hydrogens is 345 g/mol. The fourth-order valence-corrected chi connectivity index (χ4v) is 3.92. The van der Waals surface area contributed by atoms with Crippen molar-refractivity contribution >= 4 is 5.91 Å². The first-order valence-corrected chi connectivity index (χ1v) is 9.09. The van der Waals surface area contributed by atoms with Crippen LogP contribution in [-0.2, 0) is 19.9 Å². The van der Waals surface area contributed by atoms with Gasteiger partial charge in [0.2, 0.25) is 0 Å². The molecule has 2 N–H and O–H groups in total. The molecule has 0 saturated heterocycles. The smallest absolute Gasteiger partial charge is 0.270 e. The molecule has 2 heterocycles.